The minimum Gasteiger partial charge on any atom is -0.383 e. The summed E-state index contributed by atoms with van der Waals surface area (Å²) in [4.78, 5) is 0. The highest BCUT2D eigenvalue weighted by molar-refractivity contribution is 5.77. The van der Waals surface area contributed by atoms with Crippen molar-refractivity contribution in [2.24, 2.45) is 7.05 Å². The van der Waals surface area contributed by atoms with Crippen LogP contribution in [0.25, 0.3) is 11.1 Å². The highest BCUT2D eigenvalue weighted by atomic mass is 19.1. The fourth-order valence-electron chi connectivity index (χ4n) is 2.07. The summed E-state index contributed by atoms with van der Waals surface area (Å²) in [7, 11) is 1.68. The number of nitrogen functional groups attached to an aromatic ring is 1. The van der Waals surface area contributed by atoms with Crippen molar-refractivity contribution in [1.29, 1.82) is 0 Å². The van der Waals surface area contributed by atoms with E-state index < -0.39 is 11.6 Å². The van der Waals surface area contributed by atoms with Gasteiger partial charge in [-0.1, -0.05) is 0 Å². The molecule has 2 N–H and O–H groups in total. The summed E-state index contributed by atoms with van der Waals surface area (Å²) in [6.07, 6.45) is 0.519. The molecule has 108 valence electrons. The van der Waals surface area contributed by atoms with Crippen LogP contribution in [0.3, 0.4) is 0 Å². The number of ether oxygens (including phenoxy) is 1. The quantitative estimate of drug-likeness (QED) is 0.857. The summed E-state index contributed by atoms with van der Waals surface area (Å²) in [5.74, 6) is -0.922. The normalized spacial score (nSPS) is 11.0. The molecule has 0 saturated carbocycles. The van der Waals surface area contributed by atoms with Gasteiger partial charge in [-0.15, -0.1) is 0 Å². The van der Waals surface area contributed by atoms with Crippen LogP contribution >= 0.6 is 0 Å². The SMILES string of the molecule is CCOCCc1nn(C)c(N)c1-c1ccc(F)cc1F. The van der Waals surface area contributed by atoms with Gasteiger partial charge in [0.1, 0.15) is 17.5 Å². The lowest BCUT2D eigenvalue weighted by atomic mass is 10.0. The zero-order chi connectivity index (χ0) is 14.7. The molecule has 6 heteroatoms. The van der Waals surface area contributed by atoms with E-state index in [-0.39, 0.29) is 5.56 Å². The molecule has 4 nitrogen and oxygen atoms in total. The molecule has 1 aromatic heterocycles. The molecular weight excluding hydrogens is 264 g/mol. The number of halogens is 2. The third kappa shape index (κ3) is 2.80. The summed E-state index contributed by atoms with van der Waals surface area (Å²) in [5.41, 5.74) is 7.35. The second kappa shape index (κ2) is 6.00. The van der Waals surface area contributed by atoms with E-state index in [1.165, 1.54) is 16.8 Å². The Hall–Kier alpha value is -1.95. The first-order valence-electron chi connectivity index (χ1n) is 6.39. The molecule has 0 radical (unpaired) electrons. The maximum Gasteiger partial charge on any atom is 0.134 e. The van der Waals surface area contributed by atoms with E-state index >= 15 is 0 Å². The zero-order valence-electron chi connectivity index (χ0n) is 11.5. The molecule has 0 fully saturated rings. The van der Waals surface area contributed by atoms with E-state index in [4.69, 9.17) is 10.5 Å². The molecule has 0 aliphatic rings. The van der Waals surface area contributed by atoms with Gasteiger partial charge in [-0.05, 0) is 19.1 Å². The van der Waals surface area contributed by atoms with E-state index in [9.17, 15) is 8.78 Å². The fraction of sp³-hybridized carbons (Fsp3) is 0.357. The summed E-state index contributed by atoms with van der Waals surface area (Å²) < 4.78 is 33.7. The average molecular weight is 281 g/mol. The predicted molar refractivity (Wildman–Crippen MR) is 73.2 cm³/mol. The number of nitrogens with zero attached hydrogens (tertiary/aromatic N) is 2. The molecule has 2 rings (SSSR count). The predicted octanol–water partition coefficient (Wildman–Crippen LogP) is 2.53. The van der Waals surface area contributed by atoms with Crippen LogP contribution in [0, 0.1) is 11.6 Å². The Morgan fingerprint density at radius 2 is 2.10 bits per heavy atom. The van der Waals surface area contributed by atoms with Gasteiger partial charge in [-0.3, -0.25) is 4.68 Å². The van der Waals surface area contributed by atoms with Crippen molar-refractivity contribution in [3.05, 3.63) is 35.5 Å². The number of hydrogen-bond acceptors (Lipinski definition) is 3. The Bertz CT molecular complexity index is 611. The Labute approximate surface area is 116 Å². The van der Waals surface area contributed by atoms with Crippen LogP contribution in [0.4, 0.5) is 14.6 Å². The first kappa shape index (κ1) is 14.5. The molecular formula is C14H17F2N3O. The standard InChI is InChI=1S/C14H17F2N3O/c1-3-20-7-6-12-13(14(17)19(2)18-12)10-5-4-9(15)8-11(10)16/h4-5,8H,3,6-7,17H2,1-2H3. The summed E-state index contributed by atoms with van der Waals surface area (Å²) >= 11 is 0. The Morgan fingerprint density at radius 3 is 2.75 bits per heavy atom. The van der Waals surface area contributed by atoms with Crippen molar-refractivity contribution in [3.63, 3.8) is 0 Å². The van der Waals surface area contributed by atoms with Gasteiger partial charge in [0.05, 0.1) is 12.3 Å². The molecule has 20 heavy (non-hydrogen) atoms. The molecule has 0 aliphatic carbocycles. The largest absolute Gasteiger partial charge is 0.383 e. The molecule has 1 aromatic carbocycles. The summed E-state index contributed by atoms with van der Waals surface area (Å²) in [6.45, 7) is 2.97. The lowest BCUT2D eigenvalue weighted by molar-refractivity contribution is 0.150. The van der Waals surface area contributed by atoms with Crippen molar-refractivity contribution >= 4 is 5.82 Å². The van der Waals surface area contributed by atoms with Gasteiger partial charge >= 0.3 is 0 Å². The number of benzene rings is 1. The van der Waals surface area contributed by atoms with Gasteiger partial charge in [0.15, 0.2) is 0 Å². The number of aromatic nitrogens is 2. The minimum atomic E-state index is -0.651. The van der Waals surface area contributed by atoms with Crippen LogP contribution in [0.1, 0.15) is 12.6 Å². The molecule has 0 saturated heterocycles. The molecule has 0 unspecified atom stereocenters. The number of rotatable bonds is 5. The number of anilines is 1. The minimum absolute atomic E-state index is 0.253. The van der Waals surface area contributed by atoms with E-state index in [0.29, 0.717) is 36.7 Å². The molecule has 1 heterocycles. The van der Waals surface area contributed by atoms with Gasteiger partial charge in [0, 0.05) is 37.3 Å². The third-order valence-electron chi connectivity index (χ3n) is 3.05. The van der Waals surface area contributed by atoms with E-state index in [2.05, 4.69) is 5.10 Å². The van der Waals surface area contributed by atoms with Crippen LogP contribution in [-0.2, 0) is 18.2 Å². The number of hydrogen-bond donors (Lipinski definition) is 1. The molecule has 0 atom stereocenters. The van der Waals surface area contributed by atoms with Crippen molar-refractivity contribution in [3.8, 4) is 11.1 Å². The van der Waals surface area contributed by atoms with Crippen molar-refractivity contribution in [2.75, 3.05) is 18.9 Å². The number of nitrogens with two attached hydrogens (primary N) is 1. The first-order chi connectivity index (χ1) is 9.54. The Kier molecular flexibility index (Phi) is 4.34. The number of aryl methyl sites for hydroxylation is 1. The van der Waals surface area contributed by atoms with E-state index in [1.807, 2.05) is 6.92 Å². The van der Waals surface area contributed by atoms with Crippen LogP contribution in [0.5, 0.6) is 0 Å². The van der Waals surface area contributed by atoms with Crippen LogP contribution in [0.15, 0.2) is 18.2 Å². The Balaban J connectivity index is 2.43. The molecule has 0 amide bonds. The maximum absolute atomic E-state index is 13.9. The van der Waals surface area contributed by atoms with Gasteiger partial charge in [0.2, 0.25) is 0 Å². The van der Waals surface area contributed by atoms with Crippen molar-refractivity contribution in [1.82, 2.24) is 9.78 Å². The fourth-order valence-corrected chi connectivity index (χ4v) is 2.07. The lowest BCUT2D eigenvalue weighted by Gasteiger charge is -2.06. The molecule has 0 bridgehead atoms. The van der Waals surface area contributed by atoms with Gasteiger partial charge in [0.25, 0.3) is 0 Å². The van der Waals surface area contributed by atoms with Crippen LogP contribution in [-0.4, -0.2) is 23.0 Å². The molecule has 0 aliphatic heterocycles. The highest BCUT2D eigenvalue weighted by Crippen LogP contribution is 2.32. The monoisotopic (exact) mass is 281 g/mol. The second-order valence-corrected chi connectivity index (χ2v) is 4.40. The van der Waals surface area contributed by atoms with Gasteiger partial charge in [-0.2, -0.15) is 5.10 Å². The summed E-state index contributed by atoms with van der Waals surface area (Å²) in [5, 5.41) is 4.27. The summed E-state index contributed by atoms with van der Waals surface area (Å²) in [6, 6.07) is 3.42. The van der Waals surface area contributed by atoms with Crippen molar-refractivity contribution in [2.45, 2.75) is 13.3 Å². The molecule has 0 spiro atoms. The van der Waals surface area contributed by atoms with Gasteiger partial charge in [-0.25, -0.2) is 8.78 Å². The second-order valence-electron chi connectivity index (χ2n) is 4.40. The first-order valence-corrected chi connectivity index (χ1v) is 6.39. The average Bonchev–Trinajstić information content (AvgIpc) is 2.67. The van der Waals surface area contributed by atoms with Crippen LogP contribution < -0.4 is 5.73 Å². The zero-order valence-corrected chi connectivity index (χ0v) is 11.5. The third-order valence-corrected chi connectivity index (χ3v) is 3.05. The highest BCUT2D eigenvalue weighted by Gasteiger charge is 2.18. The van der Waals surface area contributed by atoms with E-state index in [0.717, 1.165) is 6.07 Å². The topological polar surface area (TPSA) is 53.1 Å². The molecule has 2 aromatic rings. The van der Waals surface area contributed by atoms with Crippen molar-refractivity contribution < 1.29 is 13.5 Å². The van der Waals surface area contributed by atoms with Gasteiger partial charge < -0.3 is 10.5 Å². The lowest BCUT2D eigenvalue weighted by Crippen LogP contribution is -2.01. The Morgan fingerprint density at radius 1 is 1.35 bits per heavy atom. The maximum atomic E-state index is 13.9. The van der Waals surface area contributed by atoms with Crippen LogP contribution in [0.2, 0.25) is 0 Å². The smallest absolute Gasteiger partial charge is 0.134 e. The van der Waals surface area contributed by atoms with E-state index in [1.54, 1.807) is 7.05 Å².